The largest absolute Gasteiger partial charge is 0.436 e. The Morgan fingerprint density at radius 2 is 1.77 bits per heavy atom. The van der Waals surface area contributed by atoms with Gasteiger partial charge in [-0.3, -0.25) is 25.0 Å². The second-order valence-electron chi connectivity index (χ2n) is 6.69. The van der Waals surface area contributed by atoms with Crippen molar-refractivity contribution in [1.29, 1.82) is 0 Å². The first-order valence-corrected chi connectivity index (χ1v) is 9.04. The Labute approximate surface area is 174 Å². The minimum absolute atomic E-state index is 0.0717. The number of carbonyl (C=O) groups is 1. The molecule has 0 bridgehead atoms. The molecule has 0 unspecified atom stereocenters. The maximum atomic E-state index is 12.7. The Kier molecular flexibility index (Phi) is 4.88. The van der Waals surface area contributed by atoms with Gasteiger partial charge in [-0.05, 0) is 37.3 Å². The number of hydrogen-bond acceptors (Lipinski definition) is 7. The fourth-order valence-electron chi connectivity index (χ4n) is 3.12. The zero-order valence-corrected chi connectivity index (χ0v) is 16.1. The Bertz CT molecular complexity index is 1360. The van der Waals surface area contributed by atoms with Crippen LogP contribution in [0, 0.1) is 27.2 Å². The molecule has 3 aromatic carbocycles. The van der Waals surface area contributed by atoms with E-state index in [4.69, 9.17) is 4.42 Å². The fourth-order valence-corrected chi connectivity index (χ4v) is 3.12. The summed E-state index contributed by atoms with van der Waals surface area (Å²) >= 11 is 0. The van der Waals surface area contributed by atoms with E-state index in [0.717, 1.165) is 0 Å². The molecule has 1 aromatic heterocycles. The van der Waals surface area contributed by atoms with E-state index in [0.29, 0.717) is 27.9 Å². The SMILES string of the molecule is Cc1cc(C(=O)Nc2ccccc2-c2nc3cc([N+](=O)[O-])ccc3o2)ccc1[N+](=O)[O-]. The third-order valence-corrected chi connectivity index (χ3v) is 4.64. The lowest BCUT2D eigenvalue weighted by Gasteiger charge is -2.09. The molecule has 0 saturated heterocycles. The molecule has 1 heterocycles. The number of nitro groups is 2. The van der Waals surface area contributed by atoms with Gasteiger partial charge in [0.15, 0.2) is 5.58 Å². The Morgan fingerprint density at radius 1 is 1.00 bits per heavy atom. The van der Waals surface area contributed by atoms with Crippen LogP contribution in [-0.4, -0.2) is 20.7 Å². The molecular formula is C21H14N4O6. The van der Waals surface area contributed by atoms with Gasteiger partial charge in [-0.25, -0.2) is 4.98 Å². The average molecular weight is 418 g/mol. The highest BCUT2D eigenvalue weighted by Gasteiger charge is 2.18. The van der Waals surface area contributed by atoms with Gasteiger partial charge < -0.3 is 9.73 Å². The van der Waals surface area contributed by atoms with Gasteiger partial charge in [-0.1, -0.05) is 12.1 Å². The molecule has 0 saturated carbocycles. The number of oxazole rings is 1. The predicted molar refractivity (Wildman–Crippen MR) is 112 cm³/mol. The lowest BCUT2D eigenvalue weighted by atomic mass is 10.1. The van der Waals surface area contributed by atoms with Crippen molar-refractivity contribution in [2.75, 3.05) is 5.32 Å². The molecule has 0 atom stereocenters. The molecule has 4 rings (SSSR count). The van der Waals surface area contributed by atoms with Gasteiger partial charge in [0.1, 0.15) is 5.52 Å². The van der Waals surface area contributed by atoms with Crippen LogP contribution in [0.4, 0.5) is 17.1 Å². The maximum absolute atomic E-state index is 12.7. The highest BCUT2D eigenvalue weighted by Crippen LogP contribution is 2.32. The van der Waals surface area contributed by atoms with Crippen molar-refractivity contribution in [3.8, 4) is 11.5 Å². The molecule has 0 spiro atoms. The molecule has 4 aromatic rings. The first-order valence-electron chi connectivity index (χ1n) is 9.04. The molecule has 154 valence electrons. The van der Waals surface area contributed by atoms with Crippen molar-refractivity contribution >= 4 is 34.1 Å². The van der Waals surface area contributed by atoms with Crippen LogP contribution in [0.3, 0.4) is 0 Å². The van der Waals surface area contributed by atoms with Gasteiger partial charge >= 0.3 is 0 Å². The second-order valence-corrected chi connectivity index (χ2v) is 6.69. The average Bonchev–Trinajstić information content (AvgIpc) is 3.16. The van der Waals surface area contributed by atoms with Crippen LogP contribution < -0.4 is 5.32 Å². The monoisotopic (exact) mass is 418 g/mol. The predicted octanol–water partition coefficient (Wildman–Crippen LogP) is 4.87. The Morgan fingerprint density at radius 3 is 2.48 bits per heavy atom. The van der Waals surface area contributed by atoms with E-state index in [1.807, 2.05) is 0 Å². The zero-order valence-electron chi connectivity index (χ0n) is 16.1. The normalized spacial score (nSPS) is 10.7. The lowest BCUT2D eigenvalue weighted by Crippen LogP contribution is -2.13. The van der Waals surface area contributed by atoms with Gasteiger partial charge in [0.05, 0.1) is 21.1 Å². The van der Waals surface area contributed by atoms with Gasteiger partial charge in [-0.15, -0.1) is 0 Å². The number of para-hydroxylation sites is 1. The first kappa shape index (κ1) is 19.7. The fraction of sp³-hybridized carbons (Fsp3) is 0.0476. The number of amides is 1. The highest BCUT2D eigenvalue weighted by atomic mass is 16.6. The molecular weight excluding hydrogens is 404 g/mol. The molecule has 1 N–H and O–H groups in total. The topological polar surface area (TPSA) is 141 Å². The van der Waals surface area contributed by atoms with E-state index in [1.165, 1.54) is 36.4 Å². The first-order chi connectivity index (χ1) is 14.8. The Hall–Kier alpha value is -4.60. The van der Waals surface area contributed by atoms with Crippen LogP contribution in [0.2, 0.25) is 0 Å². The molecule has 10 nitrogen and oxygen atoms in total. The van der Waals surface area contributed by atoms with Crippen LogP contribution in [0.25, 0.3) is 22.6 Å². The molecule has 0 aliphatic carbocycles. The second kappa shape index (κ2) is 7.67. The molecule has 0 aliphatic rings. The van der Waals surface area contributed by atoms with Gasteiger partial charge in [0.2, 0.25) is 5.89 Å². The number of non-ortho nitro benzene ring substituents is 1. The van der Waals surface area contributed by atoms with E-state index in [9.17, 15) is 25.0 Å². The molecule has 31 heavy (non-hydrogen) atoms. The number of rotatable bonds is 5. The van der Waals surface area contributed by atoms with Crippen LogP contribution in [0.5, 0.6) is 0 Å². The summed E-state index contributed by atoms with van der Waals surface area (Å²) in [4.78, 5) is 38.0. The molecule has 1 amide bonds. The van der Waals surface area contributed by atoms with Crippen molar-refractivity contribution in [3.63, 3.8) is 0 Å². The lowest BCUT2D eigenvalue weighted by molar-refractivity contribution is -0.385. The van der Waals surface area contributed by atoms with Crippen molar-refractivity contribution in [3.05, 3.63) is 92.0 Å². The summed E-state index contributed by atoms with van der Waals surface area (Å²) in [5.41, 5.74) is 2.01. The number of nitro benzene ring substituents is 2. The van der Waals surface area contributed by atoms with Crippen molar-refractivity contribution in [2.24, 2.45) is 0 Å². The maximum Gasteiger partial charge on any atom is 0.272 e. The molecule has 0 fully saturated rings. The van der Waals surface area contributed by atoms with Crippen molar-refractivity contribution < 1.29 is 19.1 Å². The summed E-state index contributed by atoms with van der Waals surface area (Å²) in [6.45, 7) is 1.56. The summed E-state index contributed by atoms with van der Waals surface area (Å²) < 4.78 is 5.72. The molecule has 0 aliphatic heterocycles. The number of anilines is 1. The van der Waals surface area contributed by atoms with E-state index in [1.54, 1.807) is 31.2 Å². The van der Waals surface area contributed by atoms with Gasteiger partial charge in [-0.2, -0.15) is 0 Å². The zero-order chi connectivity index (χ0) is 22.1. The van der Waals surface area contributed by atoms with Crippen LogP contribution in [-0.2, 0) is 0 Å². The van der Waals surface area contributed by atoms with E-state index in [-0.39, 0.29) is 22.8 Å². The number of hydrogen-bond donors (Lipinski definition) is 1. The number of nitrogens with zero attached hydrogens (tertiary/aromatic N) is 3. The van der Waals surface area contributed by atoms with Crippen LogP contribution in [0.15, 0.2) is 65.1 Å². The summed E-state index contributed by atoms with van der Waals surface area (Å²) in [6.07, 6.45) is 0. The van der Waals surface area contributed by atoms with Gasteiger partial charge in [0.25, 0.3) is 17.3 Å². The smallest absolute Gasteiger partial charge is 0.272 e. The Balaban J connectivity index is 1.67. The van der Waals surface area contributed by atoms with Crippen LogP contribution in [0.1, 0.15) is 15.9 Å². The van der Waals surface area contributed by atoms with E-state index < -0.39 is 15.8 Å². The minimum Gasteiger partial charge on any atom is -0.436 e. The standard InChI is InChI=1S/C21H14N4O6/c1-12-10-13(6-8-18(12)25(29)30)20(26)22-16-5-3-2-4-15(16)21-23-17-11-14(24(27)28)7-9-19(17)31-21/h2-11H,1H3,(H,22,26). The van der Waals surface area contributed by atoms with E-state index >= 15 is 0 Å². The highest BCUT2D eigenvalue weighted by molar-refractivity contribution is 6.06. The van der Waals surface area contributed by atoms with Crippen molar-refractivity contribution in [1.82, 2.24) is 4.98 Å². The molecule has 10 heteroatoms. The van der Waals surface area contributed by atoms with E-state index in [2.05, 4.69) is 10.3 Å². The van der Waals surface area contributed by atoms with Crippen LogP contribution >= 0.6 is 0 Å². The number of aromatic nitrogens is 1. The van der Waals surface area contributed by atoms with Gasteiger partial charge in [0, 0.05) is 29.3 Å². The third kappa shape index (κ3) is 3.81. The summed E-state index contributed by atoms with van der Waals surface area (Å²) in [5.74, 6) is -0.275. The number of carbonyl (C=O) groups excluding carboxylic acids is 1. The summed E-state index contributed by atoms with van der Waals surface area (Å²) in [5, 5.41) is 24.7. The number of nitrogens with one attached hydrogen (secondary N) is 1. The minimum atomic E-state index is -0.520. The number of benzene rings is 3. The third-order valence-electron chi connectivity index (χ3n) is 4.64. The summed E-state index contributed by atoms with van der Waals surface area (Å²) in [7, 11) is 0. The van der Waals surface area contributed by atoms with Crippen molar-refractivity contribution in [2.45, 2.75) is 6.92 Å². The number of aryl methyl sites for hydroxylation is 1. The molecule has 0 radical (unpaired) electrons. The summed E-state index contributed by atoms with van der Waals surface area (Å²) in [6, 6.07) is 15.0. The quantitative estimate of drug-likeness (QED) is 0.360. The number of fused-ring (bicyclic) bond motifs is 1.